The van der Waals surface area contributed by atoms with Crippen LogP contribution in [0.25, 0.3) is 0 Å². The molecule has 0 heterocycles. The van der Waals surface area contributed by atoms with Crippen molar-refractivity contribution in [3.05, 3.63) is 34.4 Å². The van der Waals surface area contributed by atoms with Crippen LogP contribution in [-0.4, -0.2) is 6.08 Å². The van der Waals surface area contributed by atoms with Crippen LogP contribution in [0.1, 0.15) is 22.3 Å². The van der Waals surface area contributed by atoms with Gasteiger partial charge in [0.25, 0.3) is 0 Å². The first-order valence-corrected chi connectivity index (χ1v) is 4.23. The molecule has 14 heavy (non-hydrogen) atoms. The van der Waals surface area contributed by atoms with Gasteiger partial charge in [-0.05, 0) is 36.6 Å². The molecule has 0 aliphatic rings. The van der Waals surface area contributed by atoms with Crippen LogP contribution in [0.3, 0.4) is 0 Å². The highest BCUT2D eigenvalue weighted by Crippen LogP contribution is 2.15. The summed E-state index contributed by atoms with van der Waals surface area (Å²) in [7, 11) is 0. The van der Waals surface area contributed by atoms with Gasteiger partial charge in [-0.1, -0.05) is 6.07 Å². The molecule has 0 fully saturated rings. The highest BCUT2D eigenvalue weighted by Gasteiger charge is 2.03. The summed E-state index contributed by atoms with van der Waals surface area (Å²) in [6.07, 6.45) is 1.48. The predicted molar refractivity (Wildman–Crippen MR) is 52.5 cm³/mol. The van der Waals surface area contributed by atoms with E-state index in [1.165, 1.54) is 6.08 Å². The molecular formula is C11H10N2O. The van der Waals surface area contributed by atoms with E-state index in [2.05, 4.69) is 11.1 Å². The van der Waals surface area contributed by atoms with Crippen LogP contribution >= 0.6 is 0 Å². The molecule has 1 aromatic carbocycles. The fraction of sp³-hybridized carbons (Fsp3) is 0.273. The van der Waals surface area contributed by atoms with Crippen LogP contribution in [-0.2, 0) is 11.3 Å². The quantitative estimate of drug-likeness (QED) is 0.524. The fourth-order valence-electron chi connectivity index (χ4n) is 1.27. The first-order valence-electron chi connectivity index (χ1n) is 4.23. The van der Waals surface area contributed by atoms with Gasteiger partial charge in [0.2, 0.25) is 6.08 Å². The third-order valence-electron chi connectivity index (χ3n) is 2.17. The Morgan fingerprint density at radius 1 is 1.43 bits per heavy atom. The molecule has 0 aliphatic carbocycles. The summed E-state index contributed by atoms with van der Waals surface area (Å²) in [6.45, 7) is 4.13. The zero-order valence-corrected chi connectivity index (χ0v) is 8.16. The van der Waals surface area contributed by atoms with E-state index in [1.807, 2.05) is 19.9 Å². The van der Waals surface area contributed by atoms with Crippen molar-refractivity contribution in [2.75, 3.05) is 0 Å². The summed E-state index contributed by atoms with van der Waals surface area (Å²) in [5.74, 6) is 0. The second-order valence-corrected chi connectivity index (χ2v) is 3.10. The van der Waals surface area contributed by atoms with Gasteiger partial charge >= 0.3 is 0 Å². The second-order valence-electron chi connectivity index (χ2n) is 3.10. The Balaban J connectivity index is 3.17. The van der Waals surface area contributed by atoms with E-state index in [0.29, 0.717) is 12.1 Å². The molecule has 0 radical (unpaired) electrons. The molecule has 0 bridgehead atoms. The number of aryl methyl sites for hydroxylation is 1. The number of nitrogens with zero attached hydrogens (tertiary/aromatic N) is 2. The first kappa shape index (κ1) is 10.2. The number of benzene rings is 1. The standard InChI is InChI=1S/C11H10N2O/c1-8-3-10(6-13-7-14)4-11(5-12)9(8)2/h3-4H,6H2,1-2H3. The maximum absolute atomic E-state index is 9.93. The van der Waals surface area contributed by atoms with Gasteiger partial charge in [-0.15, -0.1) is 0 Å². The molecule has 0 amide bonds. The molecule has 0 saturated heterocycles. The molecule has 0 aromatic heterocycles. The van der Waals surface area contributed by atoms with Gasteiger partial charge < -0.3 is 0 Å². The molecule has 1 aromatic rings. The lowest BCUT2D eigenvalue weighted by molar-refractivity contribution is 0.563. The summed E-state index contributed by atoms with van der Waals surface area (Å²) in [5.41, 5.74) is 3.53. The molecule has 3 nitrogen and oxygen atoms in total. The maximum atomic E-state index is 9.93. The SMILES string of the molecule is Cc1cc(CN=C=O)cc(C#N)c1C. The van der Waals surface area contributed by atoms with Crippen LogP contribution < -0.4 is 0 Å². The number of hydrogen-bond acceptors (Lipinski definition) is 3. The van der Waals surface area contributed by atoms with Gasteiger partial charge in [-0.3, -0.25) is 0 Å². The normalized spacial score (nSPS) is 8.93. The zero-order valence-electron chi connectivity index (χ0n) is 8.16. The topological polar surface area (TPSA) is 53.2 Å². The van der Waals surface area contributed by atoms with Crippen molar-refractivity contribution < 1.29 is 4.79 Å². The summed E-state index contributed by atoms with van der Waals surface area (Å²) >= 11 is 0. The van der Waals surface area contributed by atoms with Crippen LogP contribution in [0.2, 0.25) is 0 Å². The summed E-state index contributed by atoms with van der Waals surface area (Å²) in [6, 6.07) is 5.79. The highest BCUT2D eigenvalue weighted by molar-refractivity contribution is 5.45. The highest BCUT2D eigenvalue weighted by atomic mass is 16.1. The first-order chi connectivity index (χ1) is 6.69. The number of rotatable bonds is 2. The van der Waals surface area contributed by atoms with Gasteiger partial charge in [-0.2, -0.15) is 5.26 Å². The number of isocyanates is 1. The maximum Gasteiger partial charge on any atom is 0.235 e. The van der Waals surface area contributed by atoms with Crippen molar-refractivity contribution >= 4 is 6.08 Å². The molecule has 1 rings (SSSR count). The molecule has 0 N–H and O–H groups in total. The van der Waals surface area contributed by atoms with E-state index in [0.717, 1.165) is 16.7 Å². The second kappa shape index (κ2) is 4.36. The molecular weight excluding hydrogens is 176 g/mol. The number of aliphatic imine (C=N–C) groups is 1. The van der Waals surface area contributed by atoms with Crippen molar-refractivity contribution in [3.8, 4) is 6.07 Å². The van der Waals surface area contributed by atoms with Crippen LogP contribution in [0.15, 0.2) is 17.1 Å². The van der Waals surface area contributed by atoms with E-state index in [1.54, 1.807) is 6.07 Å². The Kier molecular flexibility index (Phi) is 3.17. The van der Waals surface area contributed by atoms with Crippen LogP contribution in [0, 0.1) is 25.2 Å². The average Bonchev–Trinajstić information content (AvgIpc) is 2.19. The molecule has 0 saturated carbocycles. The largest absolute Gasteiger partial charge is 0.235 e. The summed E-state index contributed by atoms with van der Waals surface area (Å²) < 4.78 is 0. The lowest BCUT2D eigenvalue weighted by Gasteiger charge is -2.04. The predicted octanol–water partition coefficient (Wildman–Crippen LogP) is 2.01. The smallest absolute Gasteiger partial charge is 0.211 e. The van der Waals surface area contributed by atoms with E-state index in [-0.39, 0.29) is 0 Å². The van der Waals surface area contributed by atoms with Gasteiger partial charge in [0.1, 0.15) is 0 Å². The summed E-state index contributed by atoms with van der Waals surface area (Å²) in [4.78, 5) is 13.4. The van der Waals surface area contributed by atoms with Crippen molar-refractivity contribution in [1.29, 1.82) is 5.26 Å². The number of hydrogen-bond donors (Lipinski definition) is 0. The third kappa shape index (κ3) is 2.07. The van der Waals surface area contributed by atoms with Crippen molar-refractivity contribution in [1.82, 2.24) is 0 Å². The van der Waals surface area contributed by atoms with Crippen LogP contribution in [0.5, 0.6) is 0 Å². The van der Waals surface area contributed by atoms with E-state index in [4.69, 9.17) is 5.26 Å². The lowest BCUT2D eigenvalue weighted by atomic mass is 10.0. The molecule has 0 atom stereocenters. The fourth-order valence-corrected chi connectivity index (χ4v) is 1.27. The molecule has 70 valence electrons. The molecule has 0 aliphatic heterocycles. The van der Waals surface area contributed by atoms with E-state index in [9.17, 15) is 4.79 Å². The number of nitriles is 1. The minimum absolute atomic E-state index is 0.291. The molecule has 0 unspecified atom stereocenters. The third-order valence-corrected chi connectivity index (χ3v) is 2.17. The van der Waals surface area contributed by atoms with Gasteiger partial charge in [0, 0.05) is 0 Å². The summed E-state index contributed by atoms with van der Waals surface area (Å²) in [5, 5.41) is 8.83. The van der Waals surface area contributed by atoms with Gasteiger partial charge in [0.15, 0.2) is 0 Å². The minimum atomic E-state index is 0.291. The van der Waals surface area contributed by atoms with E-state index >= 15 is 0 Å². The van der Waals surface area contributed by atoms with Gasteiger partial charge in [0.05, 0.1) is 18.2 Å². The molecule has 0 spiro atoms. The number of carbonyl (C=O) groups excluding carboxylic acids is 1. The Labute approximate surface area is 82.7 Å². The average molecular weight is 186 g/mol. The van der Waals surface area contributed by atoms with E-state index < -0.39 is 0 Å². The Bertz CT molecular complexity index is 437. The van der Waals surface area contributed by atoms with Crippen LogP contribution in [0.4, 0.5) is 0 Å². The minimum Gasteiger partial charge on any atom is -0.211 e. The zero-order chi connectivity index (χ0) is 10.6. The lowest BCUT2D eigenvalue weighted by Crippen LogP contribution is -1.91. The van der Waals surface area contributed by atoms with Crippen molar-refractivity contribution in [3.63, 3.8) is 0 Å². The van der Waals surface area contributed by atoms with Crippen molar-refractivity contribution in [2.45, 2.75) is 20.4 Å². The monoisotopic (exact) mass is 186 g/mol. The van der Waals surface area contributed by atoms with Crippen molar-refractivity contribution in [2.24, 2.45) is 4.99 Å². The Hall–Kier alpha value is -1.91. The Morgan fingerprint density at radius 3 is 2.71 bits per heavy atom. The van der Waals surface area contributed by atoms with Gasteiger partial charge in [-0.25, -0.2) is 9.79 Å². The Morgan fingerprint density at radius 2 is 2.14 bits per heavy atom. The molecule has 3 heteroatoms.